The van der Waals surface area contributed by atoms with E-state index in [-0.39, 0.29) is 11.5 Å². The van der Waals surface area contributed by atoms with E-state index >= 15 is 0 Å². The Hall–Kier alpha value is -1.78. The monoisotopic (exact) mass is 367 g/mol. The molecule has 0 atom stereocenters. The Balaban J connectivity index is 1.71. The number of anilines is 1. The molecule has 3 rings (SSSR count). The van der Waals surface area contributed by atoms with Crippen molar-refractivity contribution in [3.8, 4) is 0 Å². The van der Waals surface area contributed by atoms with E-state index in [0.717, 1.165) is 10.0 Å². The van der Waals surface area contributed by atoms with Gasteiger partial charge in [0, 0.05) is 29.3 Å². The molecule has 0 radical (unpaired) electrons. The van der Waals surface area contributed by atoms with E-state index < -0.39 is 0 Å². The summed E-state index contributed by atoms with van der Waals surface area (Å²) >= 11 is 4.20. The standard InChI is InChI=1S/C13H13N5O2S3/c1-3-9(19)15-11-16-17-13(23-11)22-6-8-4-10(20)18-7(2)5-21-12(18)14-8/h4-5H,3,6H2,1-2H3,(H,15,16,19). The van der Waals surface area contributed by atoms with Gasteiger partial charge in [-0.3, -0.25) is 14.0 Å². The number of amides is 1. The molecule has 0 aliphatic carbocycles. The van der Waals surface area contributed by atoms with Gasteiger partial charge in [0.15, 0.2) is 9.30 Å². The zero-order valence-electron chi connectivity index (χ0n) is 12.4. The quantitative estimate of drug-likeness (QED) is 0.551. The Labute approximate surface area is 143 Å². The first kappa shape index (κ1) is 16.1. The summed E-state index contributed by atoms with van der Waals surface area (Å²) < 4.78 is 2.32. The number of thioether (sulfide) groups is 1. The lowest BCUT2D eigenvalue weighted by molar-refractivity contribution is -0.115. The van der Waals surface area contributed by atoms with Crippen molar-refractivity contribution in [3.05, 3.63) is 33.2 Å². The Morgan fingerprint density at radius 2 is 2.26 bits per heavy atom. The van der Waals surface area contributed by atoms with Crippen LogP contribution in [0, 0.1) is 6.92 Å². The minimum absolute atomic E-state index is 0.0717. The predicted molar refractivity (Wildman–Crippen MR) is 92.5 cm³/mol. The number of hydrogen-bond donors (Lipinski definition) is 1. The van der Waals surface area contributed by atoms with Gasteiger partial charge in [-0.25, -0.2) is 4.98 Å². The molecule has 0 unspecified atom stereocenters. The van der Waals surface area contributed by atoms with Gasteiger partial charge in [-0.2, -0.15) is 0 Å². The van der Waals surface area contributed by atoms with Crippen molar-refractivity contribution in [2.24, 2.45) is 0 Å². The molecule has 3 aromatic rings. The minimum Gasteiger partial charge on any atom is -0.301 e. The normalized spacial score (nSPS) is 11.0. The first-order valence-corrected chi connectivity index (χ1v) is 9.48. The van der Waals surface area contributed by atoms with Crippen LogP contribution in [0.25, 0.3) is 4.96 Å². The molecule has 120 valence electrons. The van der Waals surface area contributed by atoms with Crippen LogP contribution in [-0.4, -0.2) is 25.5 Å². The average molecular weight is 367 g/mol. The topological polar surface area (TPSA) is 89.2 Å². The smallest absolute Gasteiger partial charge is 0.258 e. The molecule has 3 aromatic heterocycles. The molecule has 0 spiro atoms. The number of nitrogens with zero attached hydrogens (tertiary/aromatic N) is 4. The number of hydrogen-bond acceptors (Lipinski definition) is 8. The first-order chi connectivity index (χ1) is 11.1. The van der Waals surface area contributed by atoms with Crippen molar-refractivity contribution in [1.29, 1.82) is 0 Å². The molecule has 0 aliphatic heterocycles. The van der Waals surface area contributed by atoms with Crippen LogP contribution in [0.1, 0.15) is 24.7 Å². The van der Waals surface area contributed by atoms with Gasteiger partial charge < -0.3 is 5.32 Å². The Kier molecular flexibility index (Phi) is 4.74. The van der Waals surface area contributed by atoms with E-state index in [1.54, 1.807) is 17.4 Å². The second-order valence-corrected chi connectivity index (χ2v) is 7.68. The minimum atomic E-state index is -0.0918. The number of thiazole rings is 1. The summed E-state index contributed by atoms with van der Waals surface area (Å²) in [6, 6.07) is 1.54. The summed E-state index contributed by atoms with van der Waals surface area (Å²) in [5.74, 6) is 0.435. The summed E-state index contributed by atoms with van der Waals surface area (Å²) in [6.07, 6.45) is 0.399. The first-order valence-electron chi connectivity index (χ1n) is 6.79. The van der Waals surface area contributed by atoms with Gasteiger partial charge in [-0.15, -0.1) is 21.5 Å². The molecule has 0 saturated heterocycles. The largest absolute Gasteiger partial charge is 0.301 e. The summed E-state index contributed by atoms with van der Waals surface area (Å²) in [5, 5.41) is 13.0. The van der Waals surface area contributed by atoms with Crippen LogP contribution >= 0.6 is 34.4 Å². The van der Waals surface area contributed by atoms with Gasteiger partial charge in [0.05, 0.1) is 5.69 Å². The van der Waals surface area contributed by atoms with Crippen molar-refractivity contribution >= 4 is 50.4 Å². The molecule has 0 saturated carbocycles. The predicted octanol–water partition coefficient (Wildman–Crippen LogP) is 2.56. The van der Waals surface area contributed by atoms with Crippen LogP contribution in [0.15, 0.2) is 20.6 Å². The molecular formula is C13H13N5O2S3. The molecule has 1 N–H and O–H groups in total. The van der Waals surface area contributed by atoms with Crippen molar-refractivity contribution < 1.29 is 4.79 Å². The molecule has 0 aromatic carbocycles. The fraction of sp³-hybridized carbons (Fsp3) is 0.308. The van der Waals surface area contributed by atoms with Gasteiger partial charge in [0.25, 0.3) is 5.56 Å². The average Bonchev–Trinajstić information content (AvgIpc) is 3.12. The van der Waals surface area contributed by atoms with Gasteiger partial charge in [-0.05, 0) is 6.92 Å². The molecule has 3 heterocycles. The molecule has 0 aliphatic rings. The number of carbonyl (C=O) groups excluding carboxylic acids is 1. The van der Waals surface area contributed by atoms with Crippen LogP contribution in [0.4, 0.5) is 5.13 Å². The third kappa shape index (κ3) is 3.59. The molecule has 7 nitrogen and oxygen atoms in total. The number of fused-ring (bicyclic) bond motifs is 1. The molecule has 10 heteroatoms. The number of carbonyl (C=O) groups is 1. The zero-order chi connectivity index (χ0) is 16.4. The van der Waals surface area contributed by atoms with Crippen molar-refractivity contribution in [1.82, 2.24) is 19.6 Å². The number of nitrogens with one attached hydrogen (secondary N) is 1. The van der Waals surface area contributed by atoms with Gasteiger partial charge in [-0.1, -0.05) is 30.0 Å². The van der Waals surface area contributed by atoms with E-state index in [2.05, 4.69) is 20.5 Å². The van der Waals surface area contributed by atoms with Gasteiger partial charge in [0.1, 0.15) is 0 Å². The van der Waals surface area contributed by atoms with E-state index in [9.17, 15) is 9.59 Å². The molecule has 0 bridgehead atoms. The molecule has 0 fully saturated rings. The maximum atomic E-state index is 12.1. The van der Waals surface area contributed by atoms with Crippen LogP contribution in [0.5, 0.6) is 0 Å². The Morgan fingerprint density at radius 1 is 1.43 bits per heavy atom. The highest BCUT2D eigenvalue weighted by molar-refractivity contribution is 8.00. The summed E-state index contributed by atoms with van der Waals surface area (Å²) in [6.45, 7) is 3.66. The lowest BCUT2D eigenvalue weighted by atomic mass is 10.4. The highest BCUT2D eigenvalue weighted by Gasteiger charge is 2.10. The molecule has 23 heavy (non-hydrogen) atoms. The maximum Gasteiger partial charge on any atom is 0.258 e. The van der Waals surface area contributed by atoms with Gasteiger partial charge in [0.2, 0.25) is 11.0 Å². The Morgan fingerprint density at radius 3 is 3.04 bits per heavy atom. The van der Waals surface area contributed by atoms with Crippen LogP contribution in [-0.2, 0) is 10.5 Å². The van der Waals surface area contributed by atoms with E-state index in [0.29, 0.717) is 28.0 Å². The summed E-state index contributed by atoms with van der Waals surface area (Å²) in [7, 11) is 0. The van der Waals surface area contributed by atoms with Crippen molar-refractivity contribution in [2.45, 2.75) is 30.4 Å². The number of aryl methyl sites for hydroxylation is 1. The summed E-state index contributed by atoms with van der Waals surface area (Å²) in [5.41, 5.74) is 1.52. The number of aromatic nitrogens is 4. The van der Waals surface area contributed by atoms with Crippen molar-refractivity contribution in [2.75, 3.05) is 5.32 Å². The van der Waals surface area contributed by atoms with E-state index in [1.165, 1.54) is 34.4 Å². The Bertz CT molecular complexity index is 914. The highest BCUT2D eigenvalue weighted by atomic mass is 32.2. The molecular weight excluding hydrogens is 354 g/mol. The second kappa shape index (κ2) is 6.77. The zero-order valence-corrected chi connectivity index (χ0v) is 14.8. The van der Waals surface area contributed by atoms with E-state index in [4.69, 9.17) is 0 Å². The lowest BCUT2D eigenvalue weighted by Crippen LogP contribution is -2.14. The van der Waals surface area contributed by atoms with Crippen LogP contribution in [0.2, 0.25) is 0 Å². The third-order valence-corrected chi connectivity index (χ3v) is 5.90. The lowest BCUT2D eigenvalue weighted by Gasteiger charge is -2.00. The fourth-order valence-electron chi connectivity index (χ4n) is 1.84. The van der Waals surface area contributed by atoms with Crippen LogP contribution < -0.4 is 10.9 Å². The van der Waals surface area contributed by atoms with Crippen molar-refractivity contribution in [3.63, 3.8) is 0 Å². The third-order valence-electron chi connectivity index (χ3n) is 2.95. The van der Waals surface area contributed by atoms with Crippen LogP contribution in [0.3, 0.4) is 0 Å². The van der Waals surface area contributed by atoms with Gasteiger partial charge >= 0.3 is 0 Å². The SMILES string of the molecule is CCC(=O)Nc1nnc(SCc2cc(=O)n3c(C)csc3n2)s1. The second-order valence-electron chi connectivity index (χ2n) is 4.64. The fourth-order valence-corrected chi connectivity index (χ4v) is 4.39. The highest BCUT2D eigenvalue weighted by Crippen LogP contribution is 2.28. The maximum absolute atomic E-state index is 12.1. The van der Waals surface area contributed by atoms with E-state index in [1.807, 2.05) is 12.3 Å². The number of rotatable bonds is 5. The molecule has 1 amide bonds. The summed E-state index contributed by atoms with van der Waals surface area (Å²) in [4.78, 5) is 28.6.